The molecule has 0 aliphatic carbocycles. The van der Waals surface area contributed by atoms with E-state index >= 15 is 0 Å². The topological polar surface area (TPSA) is 55.1 Å². The van der Waals surface area contributed by atoms with Crippen LogP contribution >= 0.6 is 11.3 Å². The maximum atomic E-state index is 11.1. The minimum Gasteiger partial charge on any atom is -0.366 e. The van der Waals surface area contributed by atoms with Crippen LogP contribution in [0, 0.1) is 0 Å². The lowest BCUT2D eigenvalue weighted by Gasteiger charge is -2.18. The highest BCUT2D eigenvalue weighted by atomic mass is 32.1. The SMILES string of the molecule is CCCC(NCc1cc(C(N)=O)cs1)c1ccccc1. The number of nitrogens with two attached hydrogens (primary N) is 1. The van der Waals surface area contributed by atoms with E-state index in [1.165, 1.54) is 5.56 Å². The smallest absolute Gasteiger partial charge is 0.249 e. The van der Waals surface area contributed by atoms with Gasteiger partial charge in [0.05, 0.1) is 5.56 Å². The molecule has 3 N–H and O–H groups in total. The van der Waals surface area contributed by atoms with Gasteiger partial charge in [0.2, 0.25) is 5.91 Å². The molecule has 20 heavy (non-hydrogen) atoms. The van der Waals surface area contributed by atoms with E-state index in [0.29, 0.717) is 11.6 Å². The van der Waals surface area contributed by atoms with Crippen molar-refractivity contribution in [3.05, 3.63) is 57.8 Å². The third-order valence-corrected chi connectivity index (χ3v) is 4.18. The van der Waals surface area contributed by atoms with E-state index in [1.807, 2.05) is 17.5 Å². The number of hydrogen-bond acceptors (Lipinski definition) is 3. The quantitative estimate of drug-likeness (QED) is 0.819. The molecule has 1 unspecified atom stereocenters. The van der Waals surface area contributed by atoms with Crippen LogP contribution in [-0.2, 0) is 6.54 Å². The highest BCUT2D eigenvalue weighted by Gasteiger charge is 2.11. The summed E-state index contributed by atoms with van der Waals surface area (Å²) in [6.45, 7) is 2.95. The number of benzene rings is 1. The van der Waals surface area contributed by atoms with Crippen molar-refractivity contribution in [2.45, 2.75) is 32.4 Å². The molecule has 1 aromatic carbocycles. The average Bonchev–Trinajstić information content (AvgIpc) is 2.93. The summed E-state index contributed by atoms with van der Waals surface area (Å²) in [4.78, 5) is 12.2. The molecule has 2 aromatic rings. The van der Waals surface area contributed by atoms with E-state index in [9.17, 15) is 4.79 Å². The Morgan fingerprint density at radius 2 is 2.10 bits per heavy atom. The maximum absolute atomic E-state index is 11.1. The maximum Gasteiger partial charge on any atom is 0.249 e. The molecule has 1 heterocycles. The Balaban J connectivity index is 2.00. The Kier molecular flexibility index (Phi) is 5.32. The summed E-state index contributed by atoms with van der Waals surface area (Å²) in [5.74, 6) is -0.360. The van der Waals surface area contributed by atoms with Crippen LogP contribution in [0.25, 0.3) is 0 Å². The van der Waals surface area contributed by atoms with Crippen molar-refractivity contribution in [3.8, 4) is 0 Å². The van der Waals surface area contributed by atoms with E-state index < -0.39 is 0 Å². The molecule has 0 radical (unpaired) electrons. The highest BCUT2D eigenvalue weighted by molar-refractivity contribution is 7.10. The van der Waals surface area contributed by atoms with Crippen LogP contribution in [0.2, 0.25) is 0 Å². The molecule has 0 bridgehead atoms. The van der Waals surface area contributed by atoms with Gasteiger partial charge in [-0.15, -0.1) is 11.3 Å². The number of thiophene rings is 1. The summed E-state index contributed by atoms with van der Waals surface area (Å²) < 4.78 is 0. The molecule has 0 aliphatic rings. The van der Waals surface area contributed by atoms with Gasteiger partial charge in [0.15, 0.2) is 0 Å². The number of carbonyl (C=O) groups excluding carboxylic acids is 1. The number of amides is 1. The van der Waals surface area contributed by atoms with E-state index in [0.717, 1.165) is 24.3 Å². The molecule has 4 heteroatoms. The molecular formula is C16H20N2OS. The average molecular weight is 288 g/mol. The van der Waals surface area contributed by atoms with Crippen LogP contribution in [0.1, 0.15) is 46.6 Å². The molecule has 3 nitrogen and oxygen atoms in total. The van der Waals surface area contributed by atoms with Crippen LogP contribution in [0.15, 0.2) is 41.8 Å². The minimum atomic E-state index is -0.360. The fourth-order valence-corrected chi connectivity index (χ4v) is 3.01. The van der Waals surface area contributed by atoms with E-state index in [2.05, 4.69) is 36.5 Å². The van der Waals surface area contributed by atoms with Gasteiger partial charge < -0.3 is 11.1 Å². The second-order valence-corrected chi connectivity index (χ2v) is 5.79. The van der Waals surface area contributed by atoms with Gasteiger partial charge in [-0.05, 0) is 18.1 Å². The lowest BCUT2D eigenvalue weighted by Crippen LogP contribution is -2.20. The van der Waals surface area contributed by atoms with Crippen molar-refractivity contribution in [2.24, 2.45) is 5.73 Å². The van der Waals surface area contributed by atoms with Crippen molar-refractivity contribution < 1.29 is 4.79 Å². The number of hydrogen-bond donors (Lipinski definition) is 2. The van der Waals surface area contributed by atoms with Gasteiger partial charge in [0.25, 0.3) is 0 Å². The third kappa shape index (κ3) is 3.92. The van der Waals surface area contributed by atoms with Crippen molar-refractivity contribution in [3.63, 3.8) is 0 Å². The van der Waals surface area contributed by atoms with Crippen LogP contribution in [0.3, 0.4) is 0 Å². The van der Waals surface area contributed by atoms with Crippen molar-refractivity contribution in [1.29, 1.82) is 0 Å². The molecule has 0 spiro atoms. The lowest BCUT2D eigenvalue weighted by molar-refractivity contribution is 0.100. The normalized spacial score (nSPS) is 12.2. The van der Waals surface area contributed by atoms with Crippen LogP contribution < -0.4 is 11.1 Å². The molecular weight excluding hydrogens is 268 g/mol. The first-order valence-electron chi connectivity index (χ1n) is 6.86. The minimum absolute atomic E-state index is 0.348. The second-order valence-electron chi connectivity index (χ2n) is 4.80. The predicted molar refractivity (Wildman–Crippen MR) is 83.8 cm³/mol. The number of nitrogens with one attached hydrogen (secondary N) is 1. The summed E-state index contributed by atoms with van der Waals surface area (Å²) in [6, 6.07) is 12.7. The number of carbonyl (C=O) groups is 1. The molecule has 0 saturated heterocycles. The predicted octanol–water partition coefficient (Wildman–Crippen LogP) is 3.48. The monoisotopic (exact) mass is 288 g/mol. The lowest BCUT2D eigenvalue weighted by atomic mass is 10.0. The molecule has 0 fully saturated rings. The highest BCUT2D eigenvalue weighted by Crippen LogP contribution is 2.20. The molecule has 0 aliphatic heterocycles. The Bertz CT molecular complexity index is 551. The Labute approximate surface area is 123 Å². The first-order chi connectivity index (χ1) is 9.70. The first-order valence-corrected chi connectivity index (χ1v) is 7.74. The van der Waals surface area contributed by atoms with E-state index in [4.69, 9.17) is 5.73 Å². The fourth-order valence-electron chi connectivity index (χ4n) is 2.19. The Hall–Kier alpha value is -1.65. The zero-order valence-electron chi connectivity index (χ0n) is 11.6. The van der Waals surface area contributed by atoms with Crippen LogP contribution in [0.4, 0.5) is 0 Å². The molecule has 1 aromatic heterocycles. The van der Waals surface area contributed by atoms with Crippen molar-refractivity contribution in [2.75, 3.05) is 0 Å². The number of primary amides is 1. The molecule has 106 valence electrons. The van der Waals surface area contributed by atoms with Gasteiger partial charge in [0, 0.05) is 22.8 Å². The van der Waals surface area contributed by atoms with Crippen molar-refractivity contribution in [1.82, 2.24) is 5.32 Å². The van der Waals surface area contributed by atoms with Gasteiger partial charge in [-0.1, -0.05) is 43.7 Å². The van der Waals surface area contributed by atoms with Crippen molar-refractivity contribution >= 4 is 17.2 Å². The zero-order chi connectivity index (χ0) is 14.4. The molecule has 1 atom stereocenters. The fraction of sp³-hybridized carbons (Fsp3) is 0.312. The summed E-state index contributed by atoms with van der Waals surface area (Å²) in [5, 5.41) is 5.38. The van der Waals surface area contributed by atoms with E-state index in [-0.39, 0.29) is 5.91 Å². The zero-order valence-corrected chi connectivity index (χ0v) is 12.5. The Morgan fingerprint density at radius 3 is 2.70 bits per heavy atom. The van der Waals surface area contributed by atoms with Gasteiger partial charge in [0.1, 0.15) is 0 Å². The molecule has 2 rings (SSSR count). The molecule has 0 saturated carbocycles. The summed E-state index contributed by atoms with van der Waals surface area (Å²) in [5.41, 5.74) is 7.17. The second kappa shape index (κ2) is 7.22. The first kappa shape index (κ1) is 14.8. The van der Waals surface area contributed by atoms with Gasteiger partial charge in [-0.25, -0.2) is 0 Å². The van der Waals surface area contributed by atoms with Gasteiger partial charge in [-0.3, -0.25) is 4.79 Å². The summed E-state index contributed by atoms with van der Waals surface area (Å²) in [7, 11) is 0. The summed E-state index contributed by atoms with van der Waals surface area (Å²) in [6.07, 6.45) is 2.22. The van der Waals surface area contributed by atoms with Gasteiger partial charge in [-0.2, -0.15) is 0 Å². The third-order valence-electron chi connectivity index (χ3n) is 3.24. The van der Waals surface area contributed by atoms with Crippen LogP contribution in [-0.4, -0.2) is 5.91 Å². The Morgan fingerprint density at radius 1 is 1.35 bits per heavy atom. The molecule has 1 amide bonds. The van der Waals surface area contributed by atoms with Gasteiger partial charge >= 0.3 is 0 Å². The standard InChI is InChI=1S/C16H20N2OS/c1-2-6-15(12-7-4-3-5-8-12)18-10-14-9-13(11-20-14)16(17)19/h3-5,7-9,11,15,18H,2,6,10H2,1H3,(H2,17,19). The van der Waals surface area contributed by atoms with E-state index in [1.54, 1.807) is 11.3 Å². The summed E-state index contributed by atoms with van der Waals surface area (Å²) >= 11 is 1.57. The number of rotatable bonds is 7. The van der Waals surface area contributed by atoms with Crippen LogP contribution in [0.5, 0.6) is 0 Å². The largest absolute Gasteiger partial charge is 0.366 e.